The van der Waals surface area contributed by atoms with Gasteiger partial charge in [0.1, 0.15) is 6.61 Å². The number of hydrogen-bond donors (Lipinski definition) is 2. The number of carbonyl (C=O) groups is 3. The second-order valence-corrected chi connectivity index (χ2v) is 8.79. The number of alkyl carbamates (subject to hydrolysis) is 1. The molecule has 2 amide bonds. The van der Waals surface area contributed by atoms with Gasteiger partial charge in [0, 0.05) is 0 Å². The molecule has 0 aliphatic carbocycles. The number of amides is 2. The van der Waals surface area contributed by atoms with Crippen LogP contribution in [-0.2, 0) is 20.9 Å². The standard InChI is InChI=1S/C30H34N2O5/c1-3-4-20-26(32-30(35)36-21-23-14-8-5-9-15-23)27(37-29(34)25-18-12-7-13-19-25)28(33)31-22(2)24-16-10-6-11-17-24/h5-19,22,26-27H,3-4,20-21H2,1-2H3,(H,31,33)(H,32,35)/t22-,26?,27?/m1/s1. The summed E-state index contributed by atoms with van der Waals surface area (Å²) in [7, 11) is 0. The molecule has 0 saturated carbocycles. The predicted molar refractivity (Wildman–Crippen MR) is 142 cm³/mol. The van der Waals surface area contributed by atoms with Crippen LogP contribution in [0.15, 0.2) is 91.0 Å². The van der Waals surface area contributed by atoms with Gasteiger partial charge in [0.2, 0.25) is 6.10 Å². The summed E-state index contributed by atoms with van der Waals surface area (Å²) >= 11 is 0. The summed E-state index contributed by atoms with van der Waals surface area (Å²) < 4.78 is 11.1. The molecule has 0 saturated heterocycles. The van der Waals surface area contributed by atoms with E-state index in [0.29, 0.717) is 18.4 Å². The number of hydrogen-bond acceptors (Lipinski definition) is 5. The van der Waals surface area contributed by atoms with Gasteiger partial charge in [-0.1, -0.05) is 98.6 Å². The van der Waals surface area contributed by atoms with Gasteiger partial charge in [-0.15, -0.1) is 0 Å². The molecule has 3 rings (SSSR count). The quantitative estimate of drug-likeness (QED) is 0.316. The van der Waals surface area contributed by atoms with Gasteiger partial charge >= 0.3 is 12.1 Å². The van der Waals surface area contributed by atoms with Gasteiger partial charge in [-0.3, -0.25) is 4.79 Å². The fourth-order valence-electron chi connectivity index (χ4n) is 3.84. The summed E-state index contributed by atoms with van der Waals surface area (Å²) in [5.74, 6) is -1.14. The Kier molecular flexibility index (Phi) is 10.7. The lowest BCUT2D eigenvalue weighted by molar-refractivity contribution is -0.132. The molecule has 0 radical (unpaired) electrons. The molecule has 2 N–H and O–H groups in total. The molecule has 0 heterocycles. The number of unbranched alkanes of at least 4 members (excludes halogenated alkanes) is 1. The number of rotatable bonds is 12. The average molecular weight is 503 g/mol. The molecule has 3 atom stereocenters. The van der Waals surface area contributed by atoms with Crippen LogP contribution in [0, 0.1) is 0 Å². The zero-order valence-corrected chi connectivity index (χ0v) is 21.3. The van der Waals surface area contributed by atoms with Crippen LogP contribution in [0.25, 0.3) is 0 Å². The molecule has 0 aliphatic rings. The van der Waals surface area contributed by atoms with Gasteiger partial charge in [0.05, 0.1) is 17.6 Å². The lowest BCUT2D eigenvalue weighted by atomic mass is 10.0. The van der Waals surface area contributed by atoms with Gasteiger partial charge in [-0.25, -0.2) is 9.59 Å². The third-order valence-electron chi connectivity index (χ3n) is 5.91. The number of benzene rings is 3. The Bertz CT molecular complexity index is 1120. The molecule has 0 fully saturated rings. The van der Waals surface area contributed by atoms with Crippen molar-refractivity contribution in [1.82, 2.24) is 10.6 Å². The fourth-order valence-corrected chi connectivity index (χ4v) is 3.84. The topological polar surface area (TPSA) is 93.7 Å². The highest BCUT2D eigenvalue weighted by molar-refractivity contribution is 5.92. The SMILES string of the molecule is CCCCC(NC(=O)OCc1ccccc1)C(OC(=O)c1ccccc1)C(=O)N[C@H](C)c1ccccc1. The molecule has 7 nitrogen and oxygen atoms in total. The van der Waals surface area contributed by atoms with Crippen molar-refractivity contribution in [3.05, 3.63) is 108 Å². The number of nitrogens with one attached hydrogen (secondary N) is 2. The van der Waals surface area contributed by atoms with Crippen LogP contribution < -0.4 is 10.6 Å². The van der Waals surface area contributed by atoms with Crippen molar-refractivity contribution in [2.24, 2.45) is 0 Å². The molecule has 37 heavy (non-hydrogen) atoms. The summed E-state index contributed by atoms with van der Waals surface area (Å²) in [6, 6.07) is 26.1. The first-order valence-electron chi connectivity index (χ1n) is 12.6. The van der Waals surface area contributed by atoms with E-state index < -0.39 is 30.1 Å². The van der Waals surface area contributed by atoms with Crippen molar-refractivity contribution in [2.45, 2.75) is 57.9 Å². The maximum Gasteiger partial charge on any atom is 0.407 e. The zero-order chi connectivity index (χ0) is 26.5. The third-order valence-corrected chi connectivity index (χ3v) is 5.91. The first-order chi connectivity index (χ1) is 18.0. The third kappa shape index (κ3) is 8.79. The second-order valence-electron chi connectivity index (χ2n) is 8.79. The van der Waals surface area contributed by atoms with Gasteiger partial charge < -0.3 is 20.1 Å². The summed E-state index contributed by atoms with van der Waals surface area (Å²) in [5, 5.41) is 5.71. The number of carbonyl (C=O) groups excluding carboxylic acids is 3. The summed E-state index contributed by atoms with van der Waals surface area (Å²) in [6.07, 6.45) is 0.0318. The molecule has 3 aromatic rings. The van der Waals surface area contributed by atoms with Crippen molar-refractivity contribution in [2.75, 3.05) is 0 Å². The monoisotopic (exact) mass is 502 g/mol. The molecular weight excluding hydrogens is 468 g/mol. The van der Waals surface area contributed by atoms with Crippen LogP contribution in [0.3, 0.4) is 0 Å². The van der Waals surface area contributed by atoms with E-state index in [1.54, 1.807) is 30.3 Å². The minimum atomic E-state index is -1.25. The van der Waals surface area contributed by atoms with Crippen LogP contribution in [0.4, 0.5) is 4.79 Å². The van der Waals surface area contributed by atoms with Gasteiger partial charge in [-0.2, -0.15) is 0 Å². The summed E-state index contributed by atoms with van der Waals surface area (Å²) in [6.45, 7) is 3.94. The van der Waals surface area contributed by atoms with E-state index in [1.807, 2.05) is 74.5 Å². The van der Waals surface area contributed by atoms with E-state index in [9.17, 15) is 14.4 Å². The Morgan fingerprint density at radius 1 is 0.811 bits per heavy atom. The first-order valence-corrected chi connectivity index (χ1v) is 12.6. The van der Waals surface area contributed by atoms with Crippen LogP contribution >= 0.6 is 0 Å². The van der Waals surface area contributed by atoms with E-state index in [1.165, 1.54) is 0 Å². The minimum Gasteiger partial charge on any atom is -0.446 e. The van der Waals surface area contributed by atoms with Gasteiger partial charge in [0.15, 0.2) is 0 Å². The van der Waals surface area contributed by atoms with Crippen LogP contribution in [0.1, 0.15) is 60.6 Å². The predicted octanol–water partition coefficient (Wildman–Crippen LogP) is 5.57. The van der Waals surface area contributed by atoms with Crippen molar-refractivity contribution in [3.8, 4) is 0 Å². The Balaban J connectivity index is 1.78. The highest BCUT2D eigenvalue weighted by Gasteiger charge is 2.34. The van der Waals surface area contributed by atoms with E-state index in [4.69, 9.17) is 9.47 Å². The lowest BCUT2D eigenvalue weighted by Gasteiger charge is -2.28. The molecule has 0 spiro atoms. The van der Waals surface area contributed by atoms with E-state index >= 15 is 0 Å². The first kappa shape index (κ1) is 27.5. The largest absolute Gasteiger partial charge is 0.446 e. The van der Waals surface area contributed by atoms with Gasteiger partial charge in [0.25, 0.3) is 5.91 Å². The van der Waals surface area contributed by atoms with Crippen LogP contribution in [0.5, 0.6) is 0 Å². The molecule has 2 unspecified atom stereocenters. The number of ether oxygens (including phenoxy) is 2. The minimum absolute atomic E-state index is 0.0822. The highest BCUT2D eigenvalue weighted by Crippen LogP contribution is 2.16. The van der Waals surface area contributed by atoms with Crippen molar-refractivity contribution in [3.63, 3.8) is 0 Å². The maximum absolute atomic E-state index is 13.5. The van der Waals surface area contributed by atoms with E-state index in [-0.39, 0.29) is 12.6 Å². The van der Waals surface area contributed by atoms with Crippen LogP contribution in [0.2, 0.25) is 0 Å². The Morgan fingerprint density at radius 2 is 1.41 bits per heavy atom. The highest BCUT2D eigenvalue weighted by atomic mass is 16.6. The smallest absolute Gasteiger partial charge is 0.407 e. The Hall–Kier alpha value is -4.13. The average Bonchev–Trinajstić information content (AvgIpc) is 2.94. The normalized spacial score (nSPS) is 13.0. The van der Waals surface area contributed by atoms with Crippen molar-refractivity contribution < 1.29 is 23.9 Å². The molecule has 0 aliphatic heterocycles. The zero-order valence-electron chi connectivity index (χ0n) is 21.3. The lowest BCUT2D eigenvalue weighted by Crippen LogP contribution is -2.53. The Labute approximate surface area is 218 Å². The van der Waals surface area contributed by atoms with Crippen molar-refractivity contribution >= 4 is 18.0 Å². The molecule has 194 valence electrons. The fraction of sp³-hybridized carbons (Fsp3) is 0.300. The molecule has 3 aromatic carbocycles. The van der Waals surface area contributed by atoms with E-state index in [0.717, 1.165) is 17.5 Å². The van der Waals surface area contributed by atoms with Crippen LogP contribution in [-0.4, -0.2) is 30.1 Å². The number of esters is 1. The van der Waals surface area contributed by atoms with E-state index in [2.05, 4.69) is 10.6 Å². The van der Waals surface area contributed by atoms with Gasteiger partial charge in [-0.05, 0) is 36.6 Å². The second kappa shape index (κ2) is 14.4. The molecule has 7 heteroatoms. The Morgan fingerprint density at radius 3 is 2.03 bits per heavy atom. The molecule has 0 bridgehead atoms. The van der Waals surface area contributed by atoms with Crippen molar-refractivity contribution in [1.29, 1.82) is 0 Å². The maximum atomic E-state index is 13.5. The molecular formula is C30H34N2O5. The summed E-state index contributed by atoms with van der Waals surface area (Å²) in [5.41, 5.74) is 2.06. The molecule has 0 aromatic heterocycles. The summed E-state index contributed by atoms with van der Waals surface area (Å²) in [4.78, 5) is 39.1.